The van der Waals surface area contributed by atoms with Gasteiger partial charge in [0.25, 0.3) is 0 Å². The molecular weight excluding hydrogens is 292 g/mol. The van der Waals surface area contributed by atoms with Gasteiger partial charge < -0.3 is 14.6 Å². The highest BCUT2D eigenvalue weighted by Crippen LogP contribution is 2.23. The van der Waals surface area contributed by atoms with E-state index in [1.54, 1.807) is 7.11 Å². The van der Waals surface area contributed by atoms with Crippen LogP contribution in [-0.4, -0.2) is 28.4 Å². The predicted molar refractivity (Wildman–Crippen MR) is 78.3 cm³/mol. The number of carbonyl (C=O) groups excluding carboxylic acids is 1. The van der Waals surface area contributed by atoms with Crippen molar-refractivity contribution >= 4 is 22.4 Å². The first-order valence-electron chi connectivity index (χ1n) is 6.59. The first-order chi connectivity index (χ1) is 10.0. The van der Waals surface area contributed by atoms with Gasteiger partial charge in [0.2, 0.25) is 11.0 Å². The Morgan fingerprint density at radius 2 is 2.19 bits per heavy atom. The van der Waals surface area contributed by atoms with Crippen LogP contribution in [0.4, 0.5) is 5.13 Å². The van der Waals surface area contributed by atoms with Gasteiger partial charge in [-0.1, -0.05) is 16.5 Å². The van der Waals surface area contributed by atoms with Crippen molar-refractivity contribution in [2.24, 2.45) is 0 Å². The Kier molecular flexibility index (Phi) is 5.03. The van der Waals surface area contributed by atoms with Crippen molar-refractivity contribution in [3.63, 3.8) is 0 Å². The number of ether oxygens (including phenoxy) is 1. The largest absolute Gasteiger partial charge is 0.374 e. The zero-order valence-corrected chi connectivity index (χ0v) is 13.3. The SMILES string of the molecule is COC(C)c1nnc(NC(=O)CCc2c(C)noc2C)s1. The summed E-state index contributed by atoms with van der Waals surface area (Å²) in [7, 11) is 1.61. The number of rotatable bonds is 6. The molecule has 1 N–H and O–H groups in total. The number of aromatic nitrogens is 3. The first-order valence-corrected chi connectivity index (χ1v) is 7.40. The molecule has 2 aromatic heterocycles. The average Bonchev–Trinajstić information content (AvgIpc) is 3.04. The zero-order valence-electron chi connectivity index (χ0n) is 12.5. The number of nitrogens with zero attached hydrogens (tertiary/aromatic N) is 3. The van der Waals surface area contributed by atoms with E-state index in [0.717, 1.165) is 22.0 Å². The first kappa shape index (κ1) is 15.6. The van der Waals surface area contributed by atoms with Crippen molar-refractivity contribution in [2.75, 3.05) is 12.4 Å². The minimum Gasteiger partial charge on any atom is -0.374 e. The van der Waals surface area contributed by atoms with Crippen LogP contribution in [0.2, 0.25) is 0 Å². The average molecular weight is 310 g/mol. The van der Waals surface area contributed by atoms with Gasteiger partial charge >= 0.3 is 0 Å². The van der Waals surface area contributed by atoms with Crippen LogP contribution in [-0.2, 0) is 16.0 Å². The highest BCUT2D eigenvalue weighted by Gasteiger charge is 2.14. The summed E-state index contributed by atoms with van der Waals surface area (Å²) in [6.07, 6.45) is 0.806. The third kappa shape index (κ3) is 3.85. The van der Waals surface area contributed by atoms with E-state index in [-0.39, 0.29) is 12.0 Å². The smallest absolute Gasteiger partial charge is 0.226 e. The summed E-state index contributed by atoms with van der Waals surface area (Å²) in [4.78, 5) is 11.9. The molecule has 2 rings (SSSR count). The van der Waals surface area contributed by atoms with E-state index < -0.39 is 0 Å². The van der Waals surface area contributed by atoms with Crippen LogP contribution in [0.25, 0.3) is 0 Å². The summed E-state index contributed by atoms with van der Waals surface area (Å²) in [6, 6.07) is 0. The third-order valence-electron chi connectivity index (χ3n) is 3.17. The summed E-state index contributed by atoms with van der Waals surface area (Å²) in [5.41, 5.74) is 1.81. The maximum absolute atomic E-state index is 11.9. The van der Waals surface area contributed by atoms with Gasteiger partial charge in [0.15, 0.2) is 0 Å². The Morgan fingerprint density at radius 1 is 1.43 bits per heavy atom. The van der Waals surface area contributed by atoms with E-state index in [1.165, 1.54) is 11.3 Å². The second kappa shape index (κ2) is 6.77. The van der Waals surface area contributed by atoms with Crippen LogP contribution < -0.4 is 5.32 Å². The van der Waals surface area contributed by atoms with Crippen LogP contribution in [0.15, 0.2) is 4.52 Å². The standard InChI is InChI=1S/C13H18N4O3S/c1-7-10(8(2)20-17-7)5-6-11(18)14-13-16-15-12(21-13)9(3)19-4/h9H,5-6H2,1-4H3,(H,14,16,18). The number of amides is 1. The van der Waals surface area contributed by atoms with E-state index in [0.29, 0.717) is 18.0 Å². The van der Waals surface area contributed by atoms with Gasteiger partial charge in [-0.05, 0) is 27.2 Å². The Bertz CT molecular complexity index is 603. The van der Waals surface area contributed by atoms with E-state index in [2.05, 4.69) is 20.7 Å². The number of hydrogen-bond donors (Lipinski definition) is 1. The summed E-state index contributed by atoms with van der Waals surface area (Å²) < 4.78 is 10.2. The van der Waals surface area contributed by atoms with Crippen molar-refractivity contribution in [1.82, 2.24) is 15.4 Å². The molecule has 0 saturated carbocycles. The molecule has 0 aliphatic heterocycles. The van der Waals surface area contributed by atoms with E-state index in [4.69, 9.17) is 9.26 Å². The van der Waals surface area contributed by atoms with Gasteiger partial charge in [-0.15, -0.1) is 10.2 Å². The van der Waals surface area contributed by atoms with Crippen LogP contribution in [0.5, 0.6) is 0 Å². The molecule has 2 aromatic rings. The Balaban J connectivity index is 1.89. The Morgan fingerprint density at radius 3 is 2.81 bits per heavy atom. The second-order valence-electron chi connectivity index (χ2n) is 4.67. The normalized spacial score (nSPS) is 12.4. The third-order valence-corrected chi connectivity index (χ3v) is 4.17. The molecule has 0 fully saturated rings. The van der Waals surface area contributed by atoms with E-state index >= 15 is 0 Å². The monoisotopic (exact) mass is 310 g/mol. The molecule has 7 nitrogen and oxygen atoms in total. The van der Waals surface area contributed by atoms with Gasteiger partial charge in [0.1, 0.15) is 16.9 Å². The molecule has 1 atom stereocenters. The van der Waals surface area contributed by atoms with Crippen LogP contribution in [0, 0.1) is 13.8 Å². The van der Waals surface area contributed by atoms with Crippen LogP contribution >= 0.6 is 11.3 Å². The summed E-state index contributed by atoms with van der Waals surface area (Å²) in [5.74, 6) is 0.648. The molecule has 0 aliphatic rings. The molecule has 0 bridgehead atoms. The number of nitrogens with one attached hydrogen (secondary N) is 1. The van der Waals surface area contributed by atoms with Gasteiger partial charge in [-0.3, -0.25) is 4.79 Å². The lowest BCUT2D eigenvalue weighted by atomic mass is 10.1. The number of aryl methyl sites for hydroxylation is 2. The Hall–Kier alpha value is -1.80. The number of anilines is 1. The zero-order chi connectivity index (χ0) is 15.4. The molecule has 0 spiro atoms. The fraction of sp³-hybridized carbons (Fsp3) is 0.538. The van der Waals surface area contributed by atoms with Gasteiger partial charge in [0, 0.05) is 19.1 Å². The predicted octanol–water partition coefficient (Wildman–Crippen LogP) is 2.42. The van der Waals surface area contributed by atoms with Gasteiger partial charge in [-0.2, -0.15) is 0 Å². The summed E-state index contributed by atoms with van der Waals surface area (Å²) in [5, 5.41) is 15.7. The molecule has 114 valence electrons. The van der Waals surface area contributed by atoms with Crippen LogP contribution in [0.1, 0.15) is 41.5 Å². The fourth-order valence-corrected chi connectivity index (χ4v) is 2.62. The lowest BCUT2D eigenvalue weighted by Crippen LogP contribution is -2.12. The number of methoxy groups -OCH3 is 1. The van der Waals surface area contributed by atoms with Crippen molar-refractivity contribution in [3.8, 4) is 0 Å². The molecule has 0 aliphatic carbocycles. The van der Waals surface area contributed by atoms with E-state index in [9.17, 15) is 4.79 Å². The summed E-state index contributed by atoms with van der Waals surface area (Å²) >= 11 is 1.31. The summed E-state index contributed by atoms with van der Waals surface area (Å²) in [6.45, 7) is 5.59. The fourth-order valence-electron chi connectivity index (χ4n) is 1.83. The quantitative estimate of drug-likeness (QED) is 0.881. The van der Waals surface area contributed by atoms with Crippen molar-refractivity contribution in [3.05, 3.63) is 22.0 Å². The maximum atomic E-state index is 11.9. The van der Waals surface area contributed by atoms with Crippen molar-refractivity contribution < 1.29 is 14.1 Å². The molecule has 1 unspecified atom stereocenters. The molecule has 8 heteroatoms. The minimum absolute atomic E-state index is 0.109. The topological polar surface area (TPSA) is 90.1 Å². The van der Waals surface area contributed by atoms with Crippen molar-refractivity contribution in [1.29, 1.82) is 0 Å². The Labute approximate surface area is 126 Å². The highest BCUT2D eigenvalue weighted by molar-refractivity contribution is 7.15. The van der Waals surface area contributed by atoms with Gasteiger partial charge in [-0.25, -0.2) is 0 Å². The molecule has 0 saturated heterocycles. The van der Waals surface area contributed by atoms with Crippen molar-refractivity contribution in [2.45, 2.75) is 39.7 Å². The minimum atomic E-state index is -0.129. The lowest BCUT2D eigenvalue weighted by molar-refractivity contribution is -0.116. The maximum Gasteiger partial charge on any atom is 0.226 e. The molecular formula is C13H18N4O3S. The molecule has 0 radical (unpaired) electrons. The highest BCUT2D eigenvalue weighted by atomic mass is 32.1. The van der Waals surface area contributed by atoms with Crippen LogP contribution in [0.3, 0.4) is 0 Å². The number of hydrogen-bond acceptors (Lipinski definition) is 7. The second-order valence-corrected chi connectivity index (χ2v) is 5.68. The number of carbonyl (C=O) groups is 1. The van der Waals surface area contributed by atoms with Gasteiger partial charge in [0.05, 0.1) is 5.69 Å². The molecule has 2 heterocycles. The van der Waals surface area contributed by atoms with E-state index in [1.807, 2.05) is 20.8 Å². The molecule has 0 aromatic carbocycles. The lowest BCUT2D eigenvalue weighted by Gasteiger charge is -2.02. The molecule has 1 amide bonds. The molecule has 21 heavy (non-hydrogen) atoms.